The van der Waals surface area contributed by atoms with E-state index in [-0.39, 0.29) is 11.2 Å². The molecule has 0 saturated carbocycles. The quantitative estimate of drug-likeness (QED) is 0.726. The lowest BCUT2D eigenvalue weighted by atomic mass is 10.2. The lowest BCUT2D eigenvalue weighted by Gasteiger charge is -2.05. The third kappa shape index (κ3) is 1.61. The number of aryl methyl sites for hydroxylation is 1. The Morgan fingerprint density at radius 1 is 1.40 bits per heavy atom. The first-order valence-electron chi connectivity index (χ1n) is 4.53. The summed E-state index contributed by atoms with van der Waals surface area (Å²) in [6.07, 6.45) is 1.88. The van der Waals surface area contributed by atoms with Gasteiger partial charge in [-0.05, 0) is 25.3 Å². The zero-order valence-corrected chi connectivity index (χ0v) is 9.31. The average Bonchev–Trinajstić information content (AvgIpc) is 2.17. The van der Waals surface area contributed by atoms with E-state index in [1.165, 1.54) is 17.8 Å². The van der Waals surface area contributed by atoms with Crippen LogP contribution in [0.3, 0.4) is 0 Å². The van der Waals surface area contributed by atoms with Crippen molar-refractivity contribution in [1.82, 2.24) is 4.98 Å². The molecule has 0 atom stereocenters. The van der Waals surface area contributed by atoms with Gasteiger partial charge in [0.05, 0.1) is 10.4 Å². The van der Waals surface area contributed by atoms with Crippen LogP contribution < -0.4 is 5.43 Å². The minimum Gasteiger partial charge on any atom is -0.508 e. The Morgan fingerprint density at radius 3 is 2.80 bits per heavy atom. The number of thioether (sulfide) groups is 1. The standard InChI is InChI=1S/C11H11NO2S/c1-6-11(15-2)10(14)8-4-3-7(13)5-9(8)12-6/h3-5,13H,1-2H3,(H,12,14). The first-order chi connectivity index (χ1) is 7.13. The van der Waals surface area contributed by atoms with Crippen LogP contribution in [0.5, 0.6) is 5.75 Å². The highest BCUT2D eigenvalue weighted by Crippen LogP contribution is 2.20. The number of aromatic nitrogens is 1. The van der Waals surface area contributed by atoms with E-state index in [4.69, 9.17) is 0 Å². The summed E-state index contributed by atoms with van der Waals surface area (Å²) >= 11 is 1.43. The molecule has 2 N–H and O–H groups in total. The Hall–Kier alpha value is -1.42. The number of phenols is 1. The van der Waals surface area contributed by atoms with Crippen LogP contribution in [-0.2, 0) is 0 Å². The molecular formula is C11H11NO2S. The Kier molecular flexibility index (Phi) is 2.44. The molecule has 3 nitrogen and oxygen atoms in total. The van der Waals surface area contributed by atoms with Crippen molar-refractivity contribution < 1.29 is 5.11 Å². The van der Waals surface area contributed by atoms with E-state index in [9.17, 15) is 9.90 Å². The molecule has 2 rings (SSSR count). The van der Waals surface area contributed by atoms with Crippen LogP contribution >= 0.6 is 11.8 Å². The number of nitrogens with one attached hydrogen (secondary N) is 1. The highest BCUT2D eigenvalue weighted by atomic mass is 32.2. The summed E-state index contributed by atoms with van der Waals surface area (Å²) < 4.78 is 0. The largest absolute Gasteiger partial charge is 0.508 e. The van der Waals surface area contributed by atoms with Gasteiger partial charge in [0.15, 0.2) is 0 Å². The second-order valence-electron chi connectivity index (χ2n) is 3.34. The predicted octanol–water partition coefficient (Wildman–Crippen LogP) is 2.26. The van der Waals surface area contributed by atoms with Gasteiger partial charge >= 0.3 is 0 Å². The van der Waals surface area contributed by atoms with E-state index >= 15 is 0 Å². The minimum absolute atomic E-state index is 0.0220. The van der Waals surface area contributed by atoms with Gasteiger partial charge in [-0.25, -0.2) is 0 Å². The van der Waals surface area contributed by atoms with Crippen LogP contribution in [-0.4, -0.2) is 16.3 Å². The molecule has 0 spiro atoms. The first kappa shape index (κ1) is 10.1. The average molecular weight is 221 g/mol. The number of fused-ring (bicyclic) bond motifs is 1. The summed E-state index contributed by atoms with van der Waals surface area (Å²) in [6, 6.07) is 4.73. The number of rotatable bonds is 1. The Labute approximate surface area is 91.1 Å². The molecule has 0 aliphatic heterocycles. The molecule has 0 unspecified atom stereocenters. The zero-order valence-electron chi connectivity index (χ0n) is 8.50. The molecule has 1 aromatic heterocycles. The number of phenolic OH excluding ortho intramolecular Hbond substituents is 1. The fourth-order valence-corrected chi connectivity index (χ4v) is 2.28. The smallest absolute Gasteiger partial charge is 0.203 e. The van der Waals surface area contributed by atoms with Crippen LogP contribution in [0.25, 0.3) is 10.9 Å². The molecule has 4 heteroatoms. The fraction of sp³-hybridized carbons (Fsp3) is 0.182. The van der Waals surface area contributed by atoms with Crippen LogP contribution in [0.15, 0.2) is 27.9 Å². The van der Waals surface area contributed by atoms with E-state index in [1.54, 1.807) is 12.1 Å². The molecule has 0 bridgehead atoms. The highest BCUT2D eigenvalue weighted by Gasteiger charge is 2.08. The third-order valence-corrected chi connectivity index (χ3v) is 3.22. The molecule has 0 radical (unpaired) electrons. The summed E-state index contributed by atoms with van der Waals surface area (Å²) in [5.41, 5.74) is 1.54. The van der Waals surface area contributed by atoms with E-state index in [0.717, 1.165) is 10.6 Å². The van der Waals surface area contributed by atoms with Crippen molar-refractivity contribution in [2.24, 2.45) is 0 Å². The number of hydrogen-bond acceptors (Lipinski definition) is 3. The topological polar surface area (TPSA) is 53.1 Å². The molecule has 15 heavy (non-hydrogen) atoms. The lowest BCUT2D eigenvalue weighted by Crippen LogP contribution is -2.08. The van der Waals surface area contributed by atoms with Crippen LogP contribution in [0.4, 0.5) is 0 Å². The maximum atomic E-state index is 12.0. The molecular weight excluding hydrogens is 210 g/mol. The monoisotopic (exact) mass is 221 g/mol. The lowest BCUT2D eigenvalue weighted by molar-refractivity contribution is 0.476. The number of aromatic hydroxyl groups is 1. The molecule has 78 valence electrons. The number of benzene rings is 1. The van der Waals surface area contributed by atoms with Crippen molar-refractivity contribution >= 4 is 22.7 Å². The summed E-state index contributed by atoms with van der Waals surface area (Å²) in [5, 5.41) is 9.92. The molecule has 0 fully saturated rings. The Bertz CT molecular complexity index is 575. The van der Waals surface area contributed by atoms with Gasteiger partial charge < -0.3 is 10.1 Å². The molecule has 2 aromatic rings. The van der Waals surface area contributed by atoms with Gasteiger partial charge in [0.2, 0.25) is 5.43 Å². The SMILES string of the molecule is CSc1c(C)[nH]c2cc(O)ccc2c1=O. The van der Waals surface area contributed by atoms with Crippen molar-refractivity contribution in [2.45, 2.75) is 11.8 Å². The van der Waals surface area contributed by atoms with Crippen molar-refractivity contribution in [1.29, 1.82) is 0 Å². The van der Waals surface area contributed by atoms with E-state index in [1.807, 2.05) is 13.2 Å². The fourth-order valence-electron chi connectivity index (χ4n) is 1.63. The summed E-state index contributed by atoms with van der Waals surface area (Å²) in [5.74, 6) is 0.162. The normalized spacial score (nSPS) is 10.8. The van der Waals surface area contributed by atoms with Gasteiger partial charge in [-0.1, -0.05) is 0 Å². The molecule has 1 aromatic carbocycles. The highest BCUT2D eigenvalue weighted by molar-refractivity contribution is 7.98. The van der Waals surface area contributed by atoms with Crippen molar-refractivity contribution in [3.05, 3.63) is 34.1 Å². The number of pyridine rings is 1. The molecule has 0 saturated heterocycles. The second-order valence-corrected chi connectivity index (χ2v) is 4.16. The molecule has 1 heterocycles. The van der Waals surface area contributed by atoms with Crippen molar-refractivity contribution in [3.8, 4) is 5.75 Å². The maximum Gasteiger partial charge on any atom is 0.203 e. The Morgan fingerprint density at radius 2 is 2.13 bits per heavy atom. The number of H-pyrrole nitrogens is 1. The first-order valence-corrected chi connectivity index (χ1v) is 5.75. The van der Waals surface area contributed by atoms with Gasteiger partial charge in [0.1, 0.15) is 5.75 Å². The summed E-state index contributed by atoms with van der Waals surface area (Å²) in [7, 11) is 0. The Balaban J connectivity index is 2.91. The summed E-state index contributed by atoms with van der Waals surface area (Å²) in [4.78, 5) is 15.8. The third-order valence-electron chi connectivity index (χ3n) is 2.32. The van der Waals surface area contributed by atoms with Gasteiger partial charge in [0, 0.05) is 17.1 Å². The van der Waals surface area contributed by atoms with E-state index in [0.29, 0.717) is 10.9 Å². The van der Waals surface area contributed by atoms with Crippen LogP contribution in [0, 0.1) is 6.92 Å². The number of aromatic amines is 1. The van der Waals surface area contributed by atoms with Crippen LogP contribution in [0.2, 0.25) is 0 Å². The molecule has 0 aliphatic carbocycles. The van der Waals surface area contributed by atoms with Crippen molar-refractivity contribution in [3.63, 3.8) is 0 Å². The number of hydrogen-bond donors (Lipinski definition) is 2. The molecule has 0 aliphatic rings. The minimum atomic E-state index is 0.0220. The van der Waals surface area contributed by atoms with Crippen LogP contribution in [0.1, 0.15) is 5.69 Å². The summed E-state index contributed by atoms with van der Waals surface area (Å²) in [6.45, 7) is 1.86. The van der Waals surface area contributed by atoms with Gasteiger partial charge in [-0.15, -0.1) is 11.8 Å². The van der Waals surface area contributed by atoms with E-state index < -0.39 is 0 Å². The second kappa shape index (κ2) is 3.62. The van der Waals surface area contributed by atoms with Gasteiger partial charge in [0.25, 0.3) is 0 Å². The van der Waals surface area contributed by atoms with Crippen molar-refractivity contribution in [2.75, 3.05) is 6.26 Å². The van der Waals surface area contributed by atoms with Gasteiger partial charge in [-0.2, -0.15) is 0 Å². The zero-order chi connectivity index (χ0) is 11.0. The predicted molar refractivity (Wildman–Crippen MR) is 62.8 cm³/mol. The maximum absolute atomic E-state index is 12.0. The molecule has 0 amide bonds. The van der Waals surface area contributed by atoms with E-state index in [2.05, 4.69) is 4.98 Å². The van der Waals surface area contributed by atoms with Gasteiger partial charge in [-0.3, -0.25) is 4.79 Å².